The minimum Gasteiger partial charge on any atom is -0.489 e. The van der Waals surface area contributed by atoms with E-state index in [1.807, 2.05) is 45.0 Å². The van der Waals surface area contributed by atoms with Gasteiger partial charge in [0, 0.05) is 0 Å². The summed E-state index contributed by atoms with van der Waals surface area (Å²) in [5.41, 5.74) is 2.91. The number of nitrogens with one attached hydrogen (secondary N) is 1. The molecule has 5 nitrogen and oxygen atoms in total. The minimum absolute atomic E-state index is 0.0117. The van der Waals surface area contributed by atoms with Gasteiger partial charge in [-0.05, 0) is 50.1 Å². The fourth-order valence-corrected chi connectivity index (χ4v) is 3.06. The third-order valence-electron chi connectivity index (χ3n) is 4.02. The van der Waals surface area contributed by atoms with Gasteiger partial charge in [-0.3, -0.25) is 9.69 Å². The van der Waals surface area contributed by atoms with Crippen molar-refractivity contribution in [3.8, 4) is 5.75 Å². The van der Waals surface area contributed by atoms with Crippen LogP contribution in [0.1, 0.15) is 30.5 Å². The highest BCUT2D eigenvalue weighted by Crippen LogP contribution is 2.28. The van der Waals surface area contributed by atoms with Gasteiger partial charge in [-0.25, -0.2) is 4.79 Å². The Bertz CT molecular complexity index is 921. The van der Waals surface area contributed by atoms with E-state index in [0.29, 0.717) is 16.3 Å². The molecule has 2 aromatic carbocycles. The van der Waals surface area contributed by atoms with Crippen molar-refractivity contribution in [1.82, 2.24) is 10.2 Å². The van der Waals surface area contributed by atoms with Gasteiger partial charge in [0.15, 0.2) is 0 Å². The maximum Gasteiger partial charge on any atom is 0.329 e. The minimum atomic E-state index is -0.432. The fourth-order valence-electron chi connectivity index (χ4n) is 2.83. The van der Waals surface area contributed by atoms with Crippen molar-refractivity contribution in [2.45, 2.75) is 33.4 Å². The van der Waals surface area contributed by atoms with Crippen LogP contribution in [0.2, 0.25) is 5.02 Å². The van der Waals surface area contributed by atoms with Crippen LogP contribution in [0.25, 0.3) is 6.08 Å². The molecule has 0 aliphatic carbocycles. The molecule has 6 heteroatoms. The lowest BCUT2D eigenvalue weighted by atomic mass is 10.1. The second-order valence-corrected chi connectivity index (χ2v) is 7.13. The summed E-state index contributed by atoms with van der Waals surface area (Å²) in [6.07, 6.45) is 1.62. The molecule has 1 aliphatic heterocycles. The molecule has 0 radical (unpaired) electrons. The van der Waals surface area contributed by atoms with E-state index in [4.69, 9.17) is 16.3 Å². The van der Waals surface area contributed by atoms with E-state index in [1.54, 1.807) is 24.3 Å². The van der Waals surface area contributed by atoms with Crippen LogP contribution in [0.5, 0.6) is 5.75 Å². The quantitative estimate of drug-likeness (QED) is 0.608. The summed E-state index contributed by atoms with van der Waals surface area (Å²) < 4.78 is 5.60. The van der Waals surface area contributed by atoms with Gasteiger partial charge in [-0.15, -0.1) is 0 Å². The molecule has 140 valence electrons. The Hall–Kier alpha value is -2.79. The van der Waals surface area contributed by atoms with E-state index >= 15 is 0 Å². The Kier molecular flexibility index (Phi) is 5.51. The first kappa shape index (κ1) is 19.0. The van der Waals surface area contributed by atoms with Crippen LogP contribution < -0.4 is 10.1 Å². The molecule has 0 aromatic heterocycles. The Morgan fingerprint density at radius 2 is 1.96 bits per heavy atom. The molecule has 1 N–H and O–H groups in total. The van der Waals surface area contributed by atoms with E-state index in [2.05, 4.69) is 5.32 Å². The number of rotatable bonds is 5. The van der Waals surface area contributed by atoms with Crippen molar-refractivity contribution in [3.05, 3.63) is 69.9 Å². The first-order valence-electron chi connectivity index (χ1n) is 8.70. The number of amides is 3. The third kappa shape index (κ3) is 4.49. The molecule has 0 spiro atoms. The Morgan fingerprint density at radius 3 is 2.63 bits per heavy atom. The lowest BCUT2D eigenvalue weighted by Crippen LogP contribution is -2.30. The van der Waals surface area contributed by atoms with Gasteiger partial charge in [-0.1, -0.05) is 47.5 Å². The number of carbonyl (C=O) groups excluding carboxylic acids is 2. The zero-order valence-electron chi connectivity index (χ0n) is 15.5. The van der Waals surface area contributed by atoms with Crippen LogP contribution in [0, 0.1) is 6.92 Å². The second-order valence-electron chi connectivity index (χ2n) is 6.72. The molecule has 0 saturated carbocycles. The van der Waals surface area contributed by atoms with Crippen LogP contribution >= 0.6 is 11.6 Å². The molecule has 27 heavy (non-hydrogen) atoms. The lowest BCUT2D eigenvalue weighted by Gasteiger charge is -2.12. The molecule has 1 aliphatic rings. The monoisotopic (exact) mass is 384 g/mol. The van der Waals surface area contributed by atoms with E-state index < -0.39 is 6.03 Å². The smallest absolute Gasteiger partial charge is 0.329 e. The van der Waals surface area contributed by atoms with Gasteiger partial charge < -0.3 is 10.1 Å². The zero-order chi connectivity index (χ0) is 19.6. The summed E-state index contributed by atoms with van der Waals surface area (Å²) in [6, 6.07) is 12.5. The van der Waals surface area contributed by atoms with E-state index in [-0.39, 0.29) is 24.3 Å². The molecule has 0 atom stereocenters. The number of benzene rings is 2. The molecular formula is C21H21ClN2O3. The molecule has 1 heterocycles. The van der Waals surface area contributed by atoms with Gasteiger partial charge in [0.25, 0.3) is 5.91 Å². The van der Waals surface area contributed by atoms with Gasteiger partial charge in [-0.2, -0.15) is 0 Å². The number of urea groups is 1. The predicted molar refractivity (Wildman–Crippen MR) is 105 cm³/mol. The van der Waals surface area contributed by atoms with Crippen molar-refractivity contribution < 1.29 is 14.3 Å². The molecule has 0 bridgehead atoms. The number of nitrogens with zero attached hydrogens (tertiary/aromatic N) is 1. The van der Waals surface area contributed by atoms with Gasteiger partial charge in [0.05, 0.1) is 17.7 Å². The highest BCUT2D eigenvalue weighted by molar-refractivity contribution is 6.32. The fraction of sp³-hybridized carbons (Fsp3) is 0.238. The molecule has 0 unspecified atom stereocenters. The highest BCUT2D eigenvalue weighted by Gasteiger charge is 2.33. The number of hydrogen-bond acceptors (Lipinski definition) is 3. The summed E-state index contributed by atoms with van der Waals surface area (Å²) >= 11 is 6.24. The largest absolute Gasteiger partial charge is 0.489 e. The van der Waals surface area contributed by atoms with Crippen molar-refractivity contribution in [1.29, 1.82) is 0 Å². The predicted octanol–water partition coefficient (Wildman–Crippen LogP) is 4.53. The number of carbonyl (C=O) groups is 2. The summed E-state index contributed by atoms with van der Waals surface area (Å²) in [6.45, 7) is 6.03. The first-order chi connectivity index (χ1) is 12.8. The van der Waals surface area contributed by atoms with Gasteiger partial charge >= 0.3 is 6.03 Å². The number of hydrogen-bond donors (Lipinski definition) is 1. The van der Waals surface area contributed by atoms with E-state index in [9.17, 15) is 9.59 Å². The Morgan fingerprint density at radius 1 is 1.19 bits per heavy atom. The second kappa shape index (κ2) is 7.84. The molecule has 3 rings (SSSR count). The number of imide groups is 1. The summed E-state index contributed by atoms with van der Waals surface area (Å²) in [4.78, 5) is 26.0. The highest BCUT2D eigenvalue weighted by atomic mass is 35.5. The summed E-state index contributed by atoms with van der Waals surface area (Å²) in [5, 5.41) is 3.08. The molecular weight excluding hydrogens is 364 g/mol. The lowest BCUT2D eigenvalue weighted by molar-refractivity contribution is -0.123. The van der Waals surface area contributed by atoms with Crippen LogP contribution in [-0.2, 0) is 11.3 Å². The van der Waals surface area contributed by atoms with Crippen molar-refractivity contribution in [2.75, 3.05) is 0 Å². The van der Waals surface area contributed by atoms with Crippen LogP contribution in [-0.4, -0.2) is 22.9 Å². The van der Waals surface area contributed by atoms with Gasteiger partial charge in [0.2, 0.25) is 0 Å². The topological polar surface area (TPSA) is 58.6 Å². The van der Waals surface area contributed by atoms with E-state index in [0.717, 1.165) is 11.1 Å². The average molecular weight is 385 g/mol. The van der Waals surface area contributed by atoms with Crippen LogP contribution in [0.3, 0.4) is 0 Å². The summed E-state index contributed by atoms with van der Waals surface area (Å²) in [5.74, 6) is 0.219. The van der Waals surface area contributed by atoms with Crippen molar-refractivity contribution in [3.63, 3.8) is 0 Å². The first-order valence-corrected chi connectivity index (χ1v) is 9.07. The van der Waals surface area contributed by atoms with Crippen LogP contribution in [0.15, 0.2) is 48.2 Å². The van der Waals surface area contributed by atoms with Crippen molar-refractivity contribution in [2.24, 2.45) is 0 Å². The SMILES string of the molecule is Cc1cccc(CN2C(=O)NC(=Cc3ccc(OC(C)C)c(Cl)c3)C2=O)c1. The molecule has 2 aromatic rings. The Balaban J connectivity index is 1.79. The Labute approximate surface area is 163 Å². The number of aryl methyl sites for hydroxylation is 1. The number of ether oxygens (including phenoxy) is 1. The van der Waals surface area contributed by atoms with Gasteiger partial charge in [0.1, 0.15) is 11.4 Å². The molecule has 1 fully saturated rings. The standard InChI is InChI=1S/C21H21ClN2O3/c1-13(2)27-19-8-7-15(10-17(19)22)11-18-20(25)24(21(26)23-18)12-16-6-4-5-14(3)9-16/h4-11,13H,12H2,1-3H3,(H,23,26). The average Bonchev–Trinajstić information content (AvgIpc) is 2.85. The molecule has 3 amide bonds. The summed E-state index contributed by atoms with van der Waals surface area (Å²) in [7, 11) is 0. The third-order valence-corrected chi connectivity index (χ3v) is 4.31. The normalized spacial score (nSPS) is 15.6. The van der Waals surface area contributed by atoms with Crippen LogP contribution in [0.4, 0.5) is 4.79 Å². The molecule has 1 saturated heterocycles. The zero-order valence-corrected chi connectivity index (χ0v) is 16.2. The maximum atomic E-state index is 12.6. The van der Waals surface area contributed by atoms with E-state index in [1.165, 1.54) is 4.90 Å². The van der Waals surface area contributed by atoms with Crippen molar-refractivity contribution >= 4 is 29.6 Å². The number of halogens is 1. The maximum absolute atomic E-state index is 12.6.